The Bertz CT molecular complexity index is 931. The number of benzene rings is 2. The number of ether oxygens (including phenoxy) is 2. The van der Waals surface area contributed by atoms with Crippen LogP contribution >= 0.6 is 0 Å². The molecule has 1 amide bonds. The second-order valence-corrected chi connectivity index (χ2v) is 8.51. The number of carbonyl (C=O) groups excluding carboxylic acids is 1. The average molecular weight is 404 g/mol. The Kier molecular flexibility index (Phi) is 6.21. The SMILES string of the molecule is COc1ccc(S(=O)(=O)N2CCC[C@@H](C(=O)Nc3ccccc3)C2)cc1OC. The van der Waals surface area contributed by atoms with Gasteiger partial charge in [-0.2, -0.15) is 4.31 Å². The number of hydrogen-bond donors (Lipinski definition) is 1. The zero-order chi connectivity index (χ0) is 20.1. The highest BCUT2D eigenvalue weighted by atomic mass is 32.2. The molecule has 0 radical (unpaired) electrons. The molecule has 28 heavy (non-hydrogen) atoms. The van der Waals surface area contributed by atoms with Crippen LogP contribution in [-0.2, 0) is 14.8 Å². The van der Waals surface area contributed by atoms with Crippen molar-refractivity contribution in [2.24, 2.45) is 5.92 Å². The molecule has 0 bridgehead atoms. The third-order valence-corrected chi connectivity index (χ3v) is 6.65. The van der Waals surface area contributed by atoms with Crippen LogP contribution in [0.5, 0.6) is 11.5 Å². The van der Waals surface area contributed by atoms with Gasteiger partial charge in [-0.05, 0) is 37.1 Å². The molecule has 3 rings (SSSR count). The van der Waals surface area contributed by atoms with Gasteiger partial charge in [0.1, 0.15) is 0 Å². The lowest BCUT2D eigenvalue weighted by Crippen LogP contribution is -2.43. The number of piperidine rings is 1. The number of nitrogens with one attached hydrogen (secondary N) is 1. The Morgan fingerprint density at radius 3 is 2.46 bits per heavy atom. The smallest absolute Gasteiger partial charge is 0.243 e. The van der Waals surface area contributed by atoms with Crippen molar-refractivity contribution in [3.63, 3.8) is 0 Å². The topological polar surface area (TPSA) is 84.9 Å². The van der Waals surface area contributed by atoms with Crippen LogP contribution in [0.15, 0.2) is 53.4 Å². The summed E-state index contributed by atoms with van der Waals surface area (Å²) in [5.41, 5.74) is 0.701. The fraction of sp³-hybridized carbons (Fsp3) is 0.350. The minimum Gasteiger partial charge on any atom is -0.493 e. The molecular weight excluding hydrogens is 380 g/mol. The van der Waals surface area contributed by atoms with Crippen molar-refractivity contribution in [1.82, 2.24) is 4.31 Å². The van der Waals surface area contributed by atoms with Gasteiger partial charge in [0, 0.05) is 24.8 Å². The maximum Gasteiger partial charge on any atom is 0.243 e. The summed E-state index contributed by atoms with van der Waals surface area (Å²) >= 11 is 0. The number of carbonyl (C=O) groups is 1. The minimum atomic E-state index is -3.74. The normalized spacial score (nSPS) is 17.7. The fourth-order valence-corrected chi connectivity index (χ4v) is 4.81. The number of para-hydroxylation sites is 1. The fourth-order valence-electron chi connectivity index (χ4n) is 3.27. The number of anilines is 1. The van der Waals surface area contributed by atoms with Gasteiger partial charge in [-0.25, -0.2) is 8.42 Å². The molecule has 8 heteroatoms. The lowest BCUT2D eigenvalue weighted by molar-refractivity contribution is -0.120. The van der Waals surface area contributed by atoms with Crippen molar-refractivity contribution in [2.45, 2.75) is 17.7 Å². The van der Waals surface area contributed by atoms with Crippen LogP contribution in [0.2, 0.25) is 0 Å². The zero-order valence-corrected chi connectivity index (χ0v) is 16.7. The monoisotopic (exact) mass is 404 g/mol. The van der Waals surface area contributed by atoms with Crippen LogP contribution < -0.4 is 14.8 Å². The van der Waals surface area contributed by atoms with Crippen molar-refractivity contribution in [1.29, 1.82) is 0 Å². The summed E-state index contributed by atoms with van der Waals surface area (Å²) in [6.45, 7) is 0.529. The number of rotatable bonds is 6. The molecule has 0 aromatic heterocycles. The van der Waals surface area contributed by atoms with Gasteiger partial charge in [0.05, 0.1) is 25.0 Å². The van der Waals surface area contributed by atoms with E-state index in [1.54, 1.807) is 18.2 Å². The van der Waals surface area contributed by atoms with E-state index in [0.29, 0.717) is 36.6 Å². The van der Waals surface area contributed by atoms with E-state index < -0.39 is 15.9 Å². The Morgan fingerprint density at radius 1 is 1.07 bits per heavy atom. The molecule has 1 heterocycles. The molecule has 1 aliphatic heterocycles. The van der Waals surface area contributed by atoms with Gasteiger partial charge in [0.25, 0.3) is 0 Å². The van der Waals surface area contributed by atoms with Crippen molar-refractivity contribution >= 4 is 21.6 Å². The molecule has 150 valence electrons. The highest BCUT2D eigenvalue weighted by Crippen LogP contribution is 2.32. The van der Waals surface area contributed by atoms with E-state index in [0.717, 1.165) is 0 Å². The molecule has 1 N–H and O–H groups in total. The quantitative estimate of drug-likeness (QED) is 0.800. The number of nitrogens with zero attached hydrogens (tertiary/aromatic N) is 1. The Morgan fingerprint density at radius 2 is 1.79 bits per heavy atom. The molecule has 1 atom stereocenters. The molecular formula is C20H24N2O5S. The van der Waals surface area contributed by atoms with Gasteiger partial charge in [0.2, 0.25) is 15.9 Å². The Labute approximate surface area is 165 Å². The van der Waals surface area contributed by atoms with Gasteiger partial charge >= 0.3 is 0 Å². The molecule has 1 saturated heterocycles. The van der Waals surface area contributed by atoms with E-state index in [4.69, 9.17) is 9.47 Å². The predicted octanol–water partition coefficient (Wildman–Crippen LogP) is 2.74. The molecule has 2 aromatic rings. The molecule has 1 fully saturated rings. The van der Waals surface area contributed by atoms with Crippen LogP contribution in [0, 0.1) is 5.92 Å². The number of methoxy groups -OCH3 is 2. The molecule has 2 aromatic carbocycles. The second-order valence-electron chi connectivity index (χ2n) is 6.57. The minimum absolute atomic E-state index is 0.120. The lowest BCUT2D eigenvalue weighted by Gasteiger charge is -2.31. The summed E-state index contributed by atoms with van der Waals surface area (Å²) < 4.78 is 37.9. The van der Waals surface area contributed by atoms with E-state index in [2.05, 4.69) is 5.32 Å². The Balaban J connectivity index is 1.76. The zero-order valence-electron chi connectivity index (χ0n) is 15.9. The van der Waals surface area contributed by atoms with E-state index in [9.17, 15) is 13.2 Å². The average Bonchev–Trinajstić information content (AvgIpc) is 2.74. The molecule has 0 unspecified atom stereocenters. The van der Waals surface area contributed by atoms with E-state index in [1.165, 1.54) is 30.7 Å². The first kappa shape index (κ1) is 20.2. The molecule has 0 aliphatic carbocycles. The molecule has 0 saturated carbocycles. The largest absolute Gasteiger partial charge is 0.493 e. The first-order valence-electron chi connectivity index (χ1n) is 9.04. The van der Waals surface area contributed by atoms with Crippen molar-refractivity contribution < 1.29 is 22.7 Å². The standard InChI is InChI=1S/C20H24N2O5S/c1-26-18-11-10-17(13-19(18)27-2)28(24,25)22-12-6-7-15(14-22)20(23)21-16-8-4-3-5-9-16/h3-5,8-11,13,15H,6-7,12,14H2,1-2H3,(H,21,23)/t15-/m1/s1. The number of amides is 1. The lowest BCUT2D eigenvalue weighted by atomic mass is 9.99. The molecule has 7 nitrogen and oxygen atoms in total. The van der Waals surface area contributed by atoms with Crippen LogP contribution in [0.4, 0.5) is 5.69 Å². The van der Waals surface area contributed by atoms with Crippen molar-refractivity contribution in [3.05, 3.63) is 48.5 Å². The summed E-state index contributed by atoms with van der Waals surface area (Å²) in [6.07, 6.45) is 1.27. The number of sulfonamides is 1. The summed E-state index contributed by atoms with van der Waals surface area (Å²) in [5.74, 6) is 0.237. The van der Waals surface area contributed by atoms with E-state index >= 15 is 0 Å². The van der Waals surface area contributed by atoms with Gasteiger partial charge in [-0.1, -0.05) is 18.2 Å². The molecule has 1 aliphatic rings. The van der Waals surface area contributed by atoms with Crippen molar-refractivity contribution in [2.75, 3.05) is 32.6 Å². The van der Waals surface area contributed by atoms with E-state index in [-0.39, 0.29) is 17.3 Å². The van der Waals surface area contributed by atoms with Gasteiger partial charge in [-0.3, -0.25) is 4.79 Å². The maximum atomic E-state index is 13.1. The van der Waals surface area contributed by atoms with Gasteiger partial charge < -0.3 is 14.8 Å². The highest BCUT2D eigenvalue weighted by Gasteiger charge is 2.33. The first-order chi connectivity index (χ1) is 13.5. The van der Waals surface area contributed by atoms with Crippen molar-refractivity contribution in [3.8, 4) is 11.5 Å². The summed E-state index contributed by atoms with van der Waals surface area (Å²) in [6, 6.07) is 13.7. The predicted molar refractivity (Wildman–Crippen MR) is 106 cm³/mol. The van der Waals surface area contributed by atoms with Gasteiger partial charge in [0.15, 0.2) is 11.5 Å². The highest BCUT2D eigenvalue weighted by molar-refractivity contribution is 7.89. The molecule has 0 spiro atoms. The van der Waals surface area contributed by atoms with Crippen LogP contribution in [0.25, 0.3) is 0 Å². The van der Waals surface area contributed by atoms with Crippen LogP contribution in [-0.4, -0.2) is 45.9 Å². The van der Waals surface area contributed by atoms with Gasteiger partial charge in [-0.15, -0.1) is 0 Å². The van der Waals surface area contributed by atoms with E-state index in [1.807, 2.05) is 18.2 Å². The van der Waals surface area contributed by atoms with Crippen LogP contribution in [0.3, 0.4) is 0 Å². The second kappa shape index (κ2) is 8.62. The summed E-state index contributed by atoms with van der Waals surface area (Å²) in [7, 11) is -0.791. The first-order valence-corrected chi connectivity index (χ1v) is 10.5. The Hall–Kier alpha value is -2.58. The van der Waals surface area contributed by atoms with Crippen LogP contribution in [0.1, 0.15) is 12.8 Å². The summed E-state index contributed by atoms with van der Waals surface area (Å²) in [5, 5.41) is 2.86. The number of hydrogen-bond acceptors (Lipinski definition) is 5. The summed E-state index contributed by atoms with van der Waals surface area (Å²) in [4.78, 5) is 12.7. The third-order valence-electron chi connectivity index (χ3n) is 4.79. The third kappa shape index (κ3) is 4.28. The maximum absolute atomic E-state index is 13.1.